The summed E-state index contributed by atoms with van der Waals surface area (Å²) in [7, 11) is 0. The van der Waals surface area contributed by atoms with Crippen LogP contribution in [0.5, 0.6) is 11.5 Å². The summed E-state index contributed by atoms with van der Waals surface area (Å²) in [6, 6.07) is 43.6. The molecule has 254 valence electrons. The zero-order valence-electron chi connectivity index (χ0n) is 30.5. The minimum atomic E-state index is -0.719. The lowest BCUT2D eigenvalue weighted by molar-refractivity contribution is -0.995. The van der Waals surface area contributed by atoms with Crippen molar-refractivity contribution in [3.63, 3.8) is 0 Å². The number of hydrogen-bond acceptors (Lipinski definition) is 1. The number of ether oxygens (including phenoxy) is 1. The molecule has 3 aromatic heterocycles. The monoisotopic (exact) mass is 686 g/mol. The molecular formula is C48H38N4O+2. The molecule has 3 aliphatic rings. The predicted molar refractivity (Wildman–Crippen MR) is 209 cm³/mol. The average molecular weight is 687 g/mol. The van der Waals surface area contributed by atoms with E-state index in [2.05, 4.69) is 192 Å². The van der Waals surface area contributed by atoms with Crippen LogP contribution in [0.3, 0.4) is 0 Å². The number of fused-ring (bicyclic) bond motifs is 7. The van der Waals surface area contributed by atoms with Crippen LogP contribution < -0.4 is 14.0 Å². The van der Waals surface area contributed by atoms with E-state index in [4.69, 9.17) is 4.74 Å². The molecule has 5 heteroatoms. The molecule has 1 unspecified atom stereocenters. The molecular weight excluding hydrogens is 649 g/mol. The normalized spacial score (nSPS) is 15.8. The predicted octanol–water partition coefficient (Wildman–Crippen LogP) is 9.36. The Kier molecular flexibility index (Phi) is 5.92. The maximum Gasteiger partial charge on any atom is 0.397 e. The van der Waals surface area contributed by atoms with Crippen LogP contribution in [-0.4, -0.2) is 9.25 Å². The Morgan fingerprint density at radius 2 is 1.49 bits per heavy atom. The first kappa shape index (κ1) is 30.3. The molecule has 5 nitrogen and oxygen atoms in total. The Morgan fingerprint density at radius 3 is 2.30 bits per heavy atom. The third-order valence-electron chi connectivity index (χ3n) is 11.8. The maximum atomic E-state index is 6.91. The van der Waals surface area contributed by atoms with Crippen molar-refractivity contribution in [3.05, 3.63) is 167 Å². The van der Waals surface area contributed by atoms with Gasteiger partial charge in [-0.1, -0.05) is 98.0 Å². The second-order valence-electron chi connectivity index (χ2n) is 15.7. The number of rotatable bonds is 2. The molecule has 3 aliphatic heterocycles. The van der Waals surface area contributed by atoms with Gasteiger partial charge in [0, 0.05) is 35.7 Å². The van der Waals surface area contributed by atoms with Gasteiger partial charge in [-0.2, -0.15) is 9.13 Å². The van der Waals surface area contributed by atoms with E-state index < -0.39 is 5.66 Å². The minimum Gasteiger partial charge on any atom is -0.456 e. The van der Waals surface area contributed by atoms with Crippen LogP contribution in [0.4, 0.5) is 0 Å². The van der Waals surface area contributed by atoms with Gasteiger partial charge in [0.25, 0.3) is 5.82 Å². The highest BCUT2D eigenvalue weighted by atomic mass is 16.5. The van der Waals surface area contributed by atoms with Gasteiger partial charge in [0.2, 0.25) is 5.69 Å². The van der Waals surface area contributed by atoms with Gasteiger partial charge < -0.3 is 4.74 Å². The second-order valence-corrected chi connectivity index (χ2v) is 15.7. The van der Waals surface area contributed by atoms with E-state index >= 15 is 0 Å². The molecule has 0 bridgehead atoms. The third-order valence-corrected chi connectivity index (χ3v) is 11.8. The fraction of sp³-hybridized carbons (Fsp3) is 0.167. The van der Waals surface area contributed by atoms with E-state index in [1.54, 1.807) is 0 Å². The molecule has 0 N–H and O–H groups in total. The van der Waals surface area contributed by atoms with Crippen molar-refractivity contribution in [1.82, 2.24) is 9.25 Å². The summed E-state index contributed by atoms with van der Waals surface area (Å²) < 4.78 is 16.9. The van der Waals surface area contributed by atoms with Crippen LogP contribution in [0.25, 0.3) is 44.4 Å². The molecule has 0 saturated carbocycles. The van der Waals surface area contributed by atoms with Gasteiger partial charge in [-0.05, 0) is 83.6 Å². The van der Waals surface area contributed by atoms with Crippen LogP contribution in [0.15, 0.2) is 128 Å². The summed E-state index contributed by atoms with van der Waals surface area (Å²) in [4.78, 5) is 0. The van der Waals surface area contributed by atoms with E-state index in [0.29, 0.717) is 6.42 Å². The van der Waals surface area contributed by atoms with E-state index in [1.807, 2.05) is 0 Å². The van der Waals surface area contributed by atoms with Gasteiger partial charge >= 0.3 is 5.66 Å². The average Bonchev–Trinajstić information content (AvgIpc) is 3.77. The topological polar surface area (TPSA) is 26.8 Å². The Bertz CT molecular complexity index is 2950. The van der Waals surface area contributed by atoms with Crippen LogP contribution in [0.1, 0.15) is 60.0 Å². The zero-order chi connectivity index (χ0) is 35.8. The highest BCUT2D eigenvalue weighted by Crippen LogP contribution is 2.55. The molecule has 8 aromatic rings. The Labute approximate surface area is 308 Å². The van der Waals surface area contributed by atoms with Crippen molar-refractivity contribution in [2.45, 2.75) is 52.1 Å². The fourth-order valence-corrected chi connectivity index (χ4v) is 9.39. The highest BCUT2D eigenvalue weighted by molar-refractivity contribution is 6.11. The zero-order valence-corrected chi connectivity index (χ0v) is 30.5. The molecule has 53 heavy (non-hydrogen) atoms. The van der Waals surface area contributed by atoms with E-state index in [9.17, 15) is 0 Å². The number of hydrogen-bond donors (Lipinski definition) is 0. The molecule has 11 rings (SSSR count). The summed E-state index contributed by atoms with van der Waals surface area (Å²) in [5, 5.41) is 2.48. The molecule has 1 spiro atoms. The molecule has 0 radical (unpaired) electrons. The summed E-state index contributed by atoms with van der Waals surface area (Å²) in [6.45, 7) is 11.4. The molecule has 5 aromatic carbocycles. The SMILES string of the molecule is Cc1c(CC#Cc2ccc(-c3ccccc3)cc2)c(C)[n+]2n1-c1cccc3c1C21c2c(ccc4c5ccccc5n(c24)-c2cc(C(C)(C)C)cc[n+]21)O3. The van der Waals surface area contributed by atoms with E-state index in [-0.39, 0.29) is 5.41 Å². The lowest BCUT2D eigenvalue weighted by Crippen LogP contribution is -2.77. The van der Waals surface area contributed by atoms with Crippen molar-refractivity contribution in [3.8, 4) is 46.0 Å². The molecule has 6 heterocycles. The first-order valence-corrected chi connectivity index (χ1v) is 18.5. The van der Waals surface area contributed by atoms with Crippen molar-refractivity contribution in [2.24, 2.45) is 0 Å². The van der Waals surface area contributed by atoms with Crippen LogP contribution in [0, 0.1) is 25.7 Å². The Balaban J connectivity index is 1.16. The largest absolute Gasteiger partial charge is 0.456 e. The van der Waals surface area contributed by atoms with Gasteiger partial charge in [0.05, 0.1) is 17.5 Å². The molecule has 0 aliphatic carbocycles. The number of nitrogens with zero attached hydrogens (tertiary/aromatic N) is 4. The van der Waals surface area contributed by atoms with Gasteiger partial charge in [-0.3, -0.25) is 0 Å². The quantitative estimate of drug-likeness (QED) is 0.132. The van der Waals surface area contributed by atoms with Crippen molar-refractivity contribution >= 4 is 21.8 Å². The first-order valence-electron chi connectivity index (χ1n) is 18.5. The van der Waals surface area contributed by atoms with Gasteiger partial charge in [0.15, 0.2) is 11.1 Å². The highest BCUT2D eigenvalue weighted by Gasteiger charge is 2.70. The van der Waals surface area contributed by atoms with Crippen molar-refractivity contribution in [1.29, 1.82) is 0 Å². The number of benzene rings is 5. The lowest BCUT2D eigenvalue weighted by Gasteiger charge is -2.33. The summed E-state index contributed by atoms with van der Waals surface area (Å²) >= 11 is 0. The standard InChI is InChI=1S/C48H38N4O/c1-30-36(17-11-13-32-21-23-34(24-22-32)33-14-7-6-8-15-33)31(2)52-48-44-40(51(30)52)19-12-20-41(44)53-42-26-25-38-37-16-9-10-18-39(37)50(46(38)45(42)48)43-29-35(47(3,4)5)27-28-49(43)48/h6-10,12,14-16,18-29H,17H2,1-5H3/q+2. The maximum absolute atomic E-state index is 6.91. The summed E-state index contributed by atoms with van der Waals surface area (Å²) in [5.41, 5.74) is 13.5. The minimum absolute atomic E-state index is 0.0283. The van der Waals surface area contributed by atoms with Crippen LogP contribution in [0.2, 0.25) is 0 Å². The van der Waals surface area contributed by atoms with Crippen molar-refractivity contribution in [2.75, 3.05) is 0 Å². The van der Waals surface area contributed by atoms with Gasteiger partial charge in [-0.15, -0.1) is 4.68 Å². The van der Waals surface area contributed by atoms with Crippen LogP contribution in [-0.2, 0) is 17.5 Å². The van der Waals surface area contributed by atoms with Gasteiger partial charge in [0.1, 0.15) is 28.3 Å². The Hall–Kier alpha value is -6.38. The fourth-order valence-electron chi connectivity index (χ4n) is 9.39. The first-order chi connectivity index (χ1) is 25.8. The van der Waals surface area contributed by atoms with Gasteiger partial charge in [-0.25, -0.2) is 0 Å². The summed E-state index contributed by atoms with van der Waals surface area (Å²) in [6.07, 6.45) is 2.97. The molecule has 0 fully saturated rings. The number of para-hydroxylation sites is 1. The molecule has 0 amide bonds. The molecule has 0 saturated heterocycles. The second kappa shape index (κ2) is 10.4. The third kappa shape index (κ3) is 3.83. The smallest absolute Gasteiger partial charge is 0.397 e. The van der Waals surface area contributed by atoms with Crippen LogP contribution >= 0.6 is 0 Å². The number of aromatic nitrogens is 4. The summed E-state index contributed by atoms with van der Waals surface area (Å²) in [5.74, 6) is 9.99. The molecule has 1 atom stereocenters. The lowest BCUT2D eigenvalue weighted by atomic mass is 9.83. The van der Waals surface area contributed by atoms with E-state index in [1.165, 1.54) is 66.6 Å². The number of pyridine rings is 1. The Morgan fingerprint density at radius 1 is 0.736 bits per heavy atom. The van der Waals surface area contributed by atoms with E-state index in [0.717, 1.165) is 28.6 Å². The van der Waals surface area contributed by atoms with Crippen molar-refractivity contribution < 1.29 is 14.0 Å².